The van der Waals surface area contributed by atoms with Crippen molar-refractivity contribution in [3.63, 3.8) is 0 Å². The molecular weight excluding hydrogens is 200 g/mol. The van der Waals surface area contributed by atoms with Crippen molar-refractivity contribution in [2.75, 3.05) is 0 Å². The molecule has 2 rings (SSSR count). The summed E-state index contributed by atoms with van der Waals surface area (Å²) in [6.45, 7) is 2.78. The Morgan fingerprint density at radius 2 is 2.19 bits per heavy atom. The number of aliphatic hydroxyl groups is 1. The van der Waals surface area contributed by atoms with Gasteiger partial charge in [0.2, 0.25) is 0 Å². The van der Waals surface area contributed by atoms with Gasteiger partial charge >= 0.3 is 0 Å². The number of imidazole rings is 1. The van der Waals surface area contributed by atoms with Gasteiger partial charge in [0.1, 0.15) is 0 Å². The van der Waals surface area contributed by atoms with E-state index in [9.17, 15) is 5.11 Å². The predicted octanol–water partition coefficient (Wildman–Crippen LogP) is 2.59. The molecule has 0 saturated carbocycles. The highest BCUT2D eigenvalue weighted by atomic mass is 16.3. The first-order chi connectivity index (χ1) is 7.81. The molecular formula is C13H18N2O. The molecule has 1 unspecified atom stereocenters. The Hall–Kier alpha value is -1.35. The third kappa shape index (κ3) is 2.42. The first kappa shape index (κ1) is 11.1. The maximum atomic E-state index is 9.86. The van der Waals surface area contributed by atoms with E-state index < -0.39 is 0 Å². The number of aliphatic hydroxyl groups excluding tert-OH is 1. The van der Waals surface area contributed by atoms with Gasteiger partial charge < -0.3 is 9.67 Å². The zero-order chi connectivity index (χ0) is 11.4. The number of para-hydroxylation sites is 2. The SMILES string of the molecule is CCCCC(O)Cn1cnc2ccccc21. The fourth-order valence-corrected chi connectivity index (χ4v) is 1.91. The van der Waals surface area contributed by atoms with Gasteiger partial charge in [-0.2, -0.15) is 0 Å². The van der Waals surface area contributed by atoms with Crippen LogP contribution in [0.2, 0.25) is 0 Å². The number of hydrogen-bond acceptors (Lipinski definition) is 2. The lowest BCUT2D eigenvalue weighted by Crippen LogP contribution is -2.15. The normalized spacial score (nSPS) is 13.1. The summed E-state index contributed by atoms with van der Waals surface area (Å²) in [7, 11) is 0. The van der Waals surface area contributed by atoms with E-state index in [0.29, 0.717) is 6.54 Å². The van der Waals surface area contributed by atoms with Gasteiger partial charge in [0.05, 0.1) is 30.0 Å². The van der Waals surface area contributed by atoms with E-state index in [0.717, 1.165) is 30.3 Å². The van der Waals surface area contributed by atoms with Crippen molar-refractivity contribution < 1.29 is 5.11 Å². The van der Waals surface area contributed by atoms with Gasteiger partial charge in [-0.3, -0.25) is 0 Å². The number of nitrogens with zero attached hydrogens (tertiary/aromatic N) is 2. The molecule has 1 N–H and O–H groups in total. The Labute approximate surface area is 95.7 Å². The van der Waals surface area contributed by atoms with Crippen molar-refractivity contribution in [2.24, 2.45) is 0 Å². The Bertz CT molecular complexity index is 450. The summed E-state index contributed by atoms with van der Waals surface area (Å²) in [6, 6.07) is 8.01. The van der Waals surface area contributed by atoms with Gasteiger partial charge in [0, 0.05) is 0 Å². The van der Waals surface area contributed by atoms with Crippen LogP contribution in [0, 0.1) is 0 Å². The smallest absolute Gasteiger partial charge is 0.0959 e. The fraction of sp³-hybridized carbons (Fsp3) is 0.462. The summed E-state index contributed by atoms with van der Waals surface area (Å²) in [4.78, 5) is 4.30. The van der Waals surface area contributed by atoms with Crippen molar-refractivity contribution in [3.05, 3.63) is 30.6 Å². The molecule has 0 bridgehead atoms. The average molecular weight is 218 g/mol. The third-order valence-corrected chi connectivity index (χ3v) is 2.83. The molecule has 0 aliphatic heterocycles. The molecule has 1 aromatic heterocycles. The van der Waals surface area contributed by atoms with Crippen molar-refractivity contribution in [2.45, 2.75) is 38.8 Å². The summed E-state index contributed by atoms with van der Waals surface area (Å²) in [5, 5.41) is 9.86. The highest BCUT2D eigenvalue weighted by Crippen LogP contribution is 2.13. The maximum Gasteiger partial charge on any atom is 0.0959 e. The number of benzene rings is 1. The molecule has 0 spiro atoms. The van der Waals surface area contributed by atoms with E-state index in [1.807, 2.05) is 28.8 Å². The van der Waals surface area contributed by atoms with Crippen molar-refractivity contribution in [1.29, 1.82) is 0 Å². The molecule has 0 aliphatic rings. The molecule has 0 amide bonds. The molecule has 3 nitrogen and oxygen atoms in total. The van der Waals surface area contributed by atoms with E-state index in [1.54, 1.807) is 6.33 Å². The van der Waals surface area contributed by atoms with E-state index in [2.05, 4.69) is 11.9 Å². The van der Waals surface area contributed by atoms with Gasteiger partial charge in [-0.1, -0.05) is 31.9 Å². The van der Waals surface area contributed by atoms with Crippen molar-refractivity contribution >= 4 is 11.0 Å². The molecule has 3 heteroatoms. The van der Waals surface area contributed by atoms with Crippen LogP contribution in [0.25, 0.3) is 11.0 Å². The lowest BCUT2D eigenvalue weighted by molar-refractivity contribution is 0.143. The molecule has 16 heavy (non-hydrogen) atoms. The minimum atomic E-state index is -0.266. The van der Waals surface area contributed by atoms with E-state index in [1.165, 1.54) is 0 Å². The Kier molecular flexibility index (Phi) is 3.57. The molecule has 0 fully saturated rings. The van der Waals surface area contributed by atoms with Gasteiger partial charge in [-0.25, -0.2) is 4.98 Å². The Morgan fingerprint density at radius 1 is 1.38 bits per heavy atom. The van der Waals surface area contributed by atoms with Crippen LogP contribution in [0.3, 0.4) is 0 Å². The predicted molar refractivity (Wildman–Crippen MR) is 65.3 cm³/mol. The maximum absolute atomic E-state index is 9.86. The molecule has 0 saturated heterocycles. The summed E-state index contributed by atoms with van der Waals surface area (Å²) >= 11 is 0. The lowest BCUT2D eigenvalue weighted by Gasteiger charge is -2.11. The van der Waals surface area contributed by atoms with Crippen LogP contribution in [0.1, 0.15) is 26.2 Å². The van der Waals surface area contributed by atoms with Gasteiger partial charge in [0.25, 0.3) is 0 Å². The van der Waals surface area contributed by atoms with Crippen LogP contribution in [0.15, 0.2) is 30.6 Å². The van der Waals surface area contributed by atoms with Crippen LogP contribution in [0.5, 0.6) is 0 Å². The number of fused-ring (bicyclic) bond motifs is 1. The summed E-state index contributed by atoms with van der Waals surface area (Å²) in [5.41, 5.74) is 2.09. The molecule has 1 heterocycles. The van der Waals surface area contributed by atoms with Crippen LogP contribution in [0.4, 0.5) is 0 Å². The topological polar surface area (TPSA) is 38.0 Å². The highest BCUT2D eigenvalue weighted by molar-refractivity contribution is 5.74. The molecule has 1 aromatic carbocycles. The molecule has 0 aliphatic carbocycles. The van der Waals surface area contributed by atoms with Gasteiger partial charge in [0.15, 0.2) is 0 Å². The molecule has 1 atom stereocenters. The third-order valence-electron chi connectivity index (χ3n) is 2.83. The Balaban J connectivity index is 2.09. The van der Waals surface area contributed by atoms with Crippen molar-refractivity contribution in [3.8, 4) is 0 Å². The first-order valence-corrected chi connectivity index (χ1v) is 5.89. The largest absolute Gasteiger partial charge is 0.391 e. The van der Waals surface area contributed by atoms with Crippen molar-refractivity contribution in [1.82, 2.24) is 9.55 Å². The second-order valence-electron chi connectivity index (χ2n) is 4.18. The minimum absolute atomic E-state index is 0.266. The van der Waals surface area contributed by atoms with E-state index >= 15 is 0 Å². The van der Waals surface area contributed by atoms with E-state index in [-0.39, 0.29) is 6.10 Å². The molecule has 86 valence electrons. The highest BCUT2D eigenvalue weighted by Gasteiger charge is 2.07. The van der Waals surface area contributed by atoms with Gasteiger partial charge in [-0.15, -0.1) is 0 Å². The monoisotopic (exact) mass is 218 g/mol. The second-order valence-corrected chi connectivity index (χ2v) is 4.18. The van der Waals surface area contributed by atoms with Crippen LogP contribution in [-0.4, -0.2) is 20.8 Å². The summed E-state index contributed by atoms with van der Waals surface area (Å²) < 4.78 is 2.02. The Morgan fingerprint density at radius 3 is 3.00 bits per heavy atom. The number of hydrogen-bond donors (Lipinski definition) is 1. The van der Waals surface area contributed by atoms with Crippen LogP contribution >= 0.6 is 0 Å². The number of aromatic nitrogens is 2. The van der Waals surface area contributed by atoms with E-state index in [4.69, 9.17) is 0 Å². The standard InChI is InChI=1S/C13H18N2O/c1-2-3-6-11(16)9-15-10-14-12-7-4-5-8-13(12)15/h4-5,7-8,10-11,16H,2-3,6,9H2,1H3. The first-order valence-electron chi connectivity index (χ1n) is 5.89. The lowest BCUT2D eigenvalue weighted by atomic mass is 10.1. The molecule has 0 radical (unpaired) electrons. The quantitative estimate of drug-likeness (QED) is 0.837. The summed E-state index contributed by atoms with van der Waals surface area (Å²) in [5.74, 6) is 0. The zero-order valence-corrected chi connectivity index (χ0v) is 9.63. The van der Waals surface area contributed by atoms with Crippen LogP contribution < -0.4 is 0 Å². The number of rotatable bonds is 5. The zero-order valence-electron chi connectivity index (χ0n) is 9.63. The average Bonchev–Trinajstić information content (AvgIpc) is 2.70. The number of unbranched alkanes of at least 4 members (excludes halogenated alkanes) is 1. The minimum Gasteiger partial charge on any atom is -0.391 e. The second kappa shape index (κ2) is 5.12. The van der Waals surface area contributed by atoms with Gasteiger partial charge in [-0.05, 0) is 18.6 Å². The molecule has 2 aromatic rings. The summed E-state index contributed by atoms with van der Waals surface area (Å²) in [6.07, 6.45) is 4.61. The van der Waals surface area contributed by atoms with Crippen LogP contribution in [-0.2, 0) is 6.54 Å². The fourth-order valence-electron chi connectivity index (χ4n) is 1.91.